The molecule has 25 heavy (non-hydrogen) atoms. The van der Waals surface area contributed by atoms with Gasteiger partial charge >= 0.3 is 12.1 Å². The van der Waals surface area contributed by atoms with Crippen molar-refractivity contribution in [2.45, 2.75) is 50.9 Å². The summed E-state index contributed by atoms with van der Waals surface area (Å²) in [6.45, 7) is 1.03. The van der Waals surface area contributed by atoms with Gasteiger partial charge in [0.05, 0.1) is 12.1 Å². The molecule has 0 aromatic heterocycles. The van der Waals surface area contributed by atoms with Crippen LogP contribution in [-0.4, -0.2) is 59.8 Å². The van der Waals surface area contributed by atoms with Crippen molar-refractivity contribution in [2.24, 2.45) is 11.7 Å². The van der Waals surface area contributed by atoms with Gasteiger partial charge in [-0.1, -0.05) is 13.8 Å². The molecule has 1 saturated heterocycles. The summed E-state index contributed by atoms with van der Waals surface area (Å²) < 4.78 is 64.4. The van der Waals surface area contributed by atoms with Crippen molar-refractivity contribution >= 4 is 17.6 Å². The van der Waals surface area contributed by atoms with E-state index in [1.165, 1.54) is 18.7 Å². The lowest BCUT2D eigenvalue weighted by atomic mass is 9.93. The molecule has 0 aromatic rings. The third-order valence-corrected chi connectivity index (χ3v) is 3.92. The zero-order valence-corrected chi connectivity index (χ0v) is 13.7. The SMILES string of the molecule is CC(C)[C@@H](C(=O)C(F)(F)C(=O)NCC(F)(F)F)N1CCCC1C(N)=O. The van der Waals surface area contributed by atoms with E-state index in [2.05, 4.69) is 0 Å². The minimum Gasteiger partial charge on any atom is -0.368 e. The third kappa shape index (κ3) is 5.10. The lowest BCUT2D eigenvalue weighted by Crippen LogP contribution is -2.59. The Hall–Kier alpha value is -1.78. The zero-order valence-electron chi connectivity index (χ0n) is 13.7. The van der Waals surface area contributed by atoms with Gasteiger partial charge in [0.2, 0.25) is 11.7 Å². The van der Waals surface area contributed by atoms with Gasteiger partial charge in [0, 0.05) is 0 Å². The van der Waals surface area contributed by atoms with Gasteiger partial charge in [-0.25, -0.2) is 0 Å². The number of nitrogens with zero attached hydrogens (tertiary/aromatic N) is 1. The Morgan fingerprint density at radius 1 is 1.20 bits per heavy atom. The van der Waals surface area contributed by atoms with Crippen LogP contribution in [0.25, 0.3) is 0 Å². The van der Waals surface area contributed by atoms with E-state index in [9.17, 15) is 36.3 Å². The Kier molecular flexibility index (Phi) is 6.49. The predicted octanol–water partition coefficient (Wildman–Crippen LogP) is 0.844. The van der Waals surface area contributed by atoms with Gasteiger partial charge in [-0.3, -0.25) is 19.3 Å². The van der Waals surface area contributed by atoms with Gasteiger partial charge in [0.15, 0.2) is 0 Å². The highest BCUT2D eigenvalue weighted by atomic mass is 19.4. The van der Waals surface area contributed by atoms with E-state index in [1.54, 1.807) is 0 Å². The second-order valence-corrected chi connectivity index (χ2v) is 6.22. The van der Waals surface area contributed by atoms with Gasteiger partial charge in [0.1, 0.15) is 6.54 Å². The monoisotopic (exact) mass is 373 g/mol. The highest BCUT2D eigenvalue weighted by Crippen LogP contribution is 2.29. The van der Waals surface area contributed by atoms with Crippen molar-refractivity contribution in [1.29, 1.82) is 0 Å². The highest BCUT2D eigenvalue weighted by Gasteiger charge is 2.54. The number of nitrogens with two attached hydrogens (primary N) is 1. The fourth-order valence-electron chi connectivity index (χ4n) is 2.85. The molecule has 1 heterocycles. The van der Waals surface area contributed by atoms with Crippen molar-refractivity contribution in [3.63, 3.8) is 0 Å². The van der Waals surface area contributed by atoms with Crippen molar-refractivity contribution in [3.05, 3.63) is 0 Å². The van der Waals surface area contributed by atoms with Crippen LogP contribution in [0.15, 0.2) is 0 Å². The zero-order chi connectivity index (χ0) is 19.6. The summed E-state index contributed by atoms with van der Waals surface area (Å²) in [4.78, 5) is 36.3. The van der Waals surface area contributed by atoms with E-state index in [1.807, 2.05) is 0 Å². The molecule has 1 rings (SSSR count). The number of carbonyl (C=O) groups excluding carboxylic acids is 3. The first-order valence-corrected chi connectivity index (χ1v) is 7.61. The van der Waals surface area contributed by atoms with Crippen molar-refractivity contribution in [3.8, 4) is 0 Å². The number of alkyl halides is 5. The first kappa shape index (κ1) is 21.3. The average Bonchev–Trinajstić information content (AvgIpc) is 2.92. The minimum absolute atomic E-state index is 0.141. The van der Waals surface area contributed by atoms with Gasteiger partial charge in [-0.15, -0.1) is 0 Å². The van der Waals surface area contributed by atoms with E-state index in [4.69, 9.17) is 5.73 Å². The topological polar surface area (TPSA) is 92.5 Å². The summed E-state index contributed by atoms with van der Waals surface area (Å²) in [5, 5.41) is 1.02. The number of hydrogen-bond donors (Lipinski definition) is 2. The summed E-state index contributed by atoms with van der Waals surface area (Å²) in [6, 6.07) is -2.46. The quantitative estimate of drug-likeness (QED) is 0.511. The number of nitrogens with one attached hydrogen (secondary N) is 1. The molecule has 2 atom stereocenters. The Bertz CT molecular complexity index is 536. The van der Waals surface area contributed by atoms with Crippen LogP contribution in [0.3, 0.4) is 0 Å². The largest absolute Gasteiger partial charge is 0.405 e. The number of primary amides is 1. The molecule has 1 fully saturated rings. The maximum absolute atomic E-state index is 14.1. The lowest BCUT2D eigenvalue weighted by Gasteiger charge is -2.34. The number of Topliss-reactive ketones (excluding diaryl/α,β-unsaturated/α-hetero) is 1. The van der Waals surface area contributed by atoms with Gasteiger partial charge < -0.3 is 11.1 Å². The Morgan fingerprint density at radius 3 is 2.20 bits per heavy atom. The lowest BCUT2D eigenvalue weighted by molar-refractivity contribution is -0.167. The van der Waals surface area contributed by atoms with Crippen molar-refractivity contribution < 1.29 is 36.3 Å². The maximum atomic E-state index is 14.1. The van der Waals surface area contributed by atoms with E-state index in [-0.39, 0.29) is 13.0 Å². The second kappa shape index (κ2) is 7.63. The molecule has 0 saturated carbocycles. The van der Waals surface area contributed by atoms with E-state index >= 15 is 0 Å². The van der Waals surface area contributed by atoms with Crippen LogP contribution in [-0.2, 0) is 14.4 Å². The van der Waals surface area contributed by atoms with Crippen LogP contribution in [0.4, 0.5) is 22.0 Å². The summed E-state index contributed by atoms with van der Waals surface area (Å²) in [5.41, 5.74) is 5.21. The minimum atomic E-state index is -4.89. The normalized spacial score (nSPS) is 20.6. The van der Waals surface area contributed by atoms with Crippen LogP contribution in [0, 0.1) is 5.92 Å². The predicted molar refractivity (Wildman–Crippen MR) is 76.6 cm³/mol. The molecule has 0 spiro atoms. The van der Waals surface area contributed by atoms with Crippen LogP contribution in [0.2, 0.25) is 0 Å². The third-order valence-electron chi connectivity index (χ3n) is 3.92. The fourth-order valence-corrected chi connectivity index (χ4v) is 2.85. The Labute approximate surface area is 140 Å². The standard InChI is InChI=1S/C14H20F5N3O3/c1-7(2)9(22-5-3-4-8(22)11(20)24)10(23)14(18,19)12(25)21-6-13(15,16)17/h7-9H,3-6H2,1-2H3,(H2,20,24)(H,21,25)/t8?,9-/m0/s1. The maximum Gasteiger partial charge on any atom is 0.405 e. The van der Waals surface area contributed by atoms with Crippen LogP contribution in [0.1, 0.15) is 26.7 Å². The molecule has 2 amide bonds. The van der Waals surface area contributed by atoms with E-state index in [0.717, 1.165) is 5.32 Å². The molecule has 0 radical (unpaired) electrons. The Morgan fingerprint density at radius 2 is 1.76 bits per heavy atom. The molecule has 0 aliphatic carbocycles. The second-order valence-electron chi connectivity index (χ2n) is 6.22. The van der Waals surface area contributed by atoms with Crippen molar-refractivity contribution in [1.82, 2.24) is 10.2 Å². The number of carbonyl (C=O) groups is 3. The number of likely N-dealkylation sites (tertiary alicyclic amines) is 1. The first-order chi connectivity index (χ1) is 11.3. The number of amides is 2. The number of halogens is 5. The summed E-state index contributed by atoms with van der Waals surface area (Å²) in [6.07, 6.45) is -4.17. The average molecular weight is 373 g/mol. The summed E-state index contributed by atoms with van der Waals surface area (Å²) in [7, 11) is 0. The number of hydrogen-bond acceptors (Lipinski definition) is 4. The molecular weight excluding hydrogens is 353 g/mol. The van der Waals surface area contributed by atoms with Crippen LogP contribution in [0.5, 0.6) is 0 Å². The van der Waals surface area contributed by atoms with Gasteiger partial charge in [-0.05, 0) is 25.3 Å². The molecule has 144 valence electrons. The number of ketones is 1. The van der Waals surface area contributed by atoms with Crippen LogP contribution < -0.4 is 11.1 Å². The molecule has 1 unspecified atom stereocenters. The number of rotatable bonds is 7. The van der Waals surface area contributed by atoms with Crippen molar-refractivity contribution in [2.75, 3.05) is 13.1 Å². The first-order valence-electron chi connectivity index (χ1n) is 7.61. The summed E-state index contributed by atoms with van der Waals surface area (Å²) in [5.74, 6) is -10.3. The fraction of sp³-hybridized carbons (Fsp3) is 0.786. The highest BCUT2D eigenvalue weighted by molar-refractivity contribution is 6.10. The molecule has 1 aliphatic rings. The molecule has 1 aliphatic heterocycles. The molecule has 11 heteroatoms. The van der Waals surface area contributed by atoms with Gasteiger partial charge in [0.25, 0.3) is 5.91 Å². The molecule has 3 N–H and O–H groups in total. The smallest absolute Gasteiger partial charge is 0.368 e. The molecular formula is C14H20F5N3O3. The van der Waals surface area contributed by atoms with Gasteiger partial charge in [-0.2, -0.15) is 22.0 Å². The summed E-state index contributed by atoms with van der Waals surface area (Å²) >= 11 is 0. The molecule has 0 aromatic carbocycles. The van der Waals surface area contributed by atoms with E-state index < -0.39 is 54.2 Å². The Balaban J connectivity index is 3.01. The molecule has 0 bridgehead atoms. The molecule has 6 nitrogen and oxygen atoms in total. The van der Waals surface area contributed by atoms with E-state index in [0.29, 0.717) is 6.42 Å². The van der Waals surface area contributed by atoms with Crippen LogP contribution >= 0.6 is 0 Å².